The van der Waals surface area contributed by atoms with Crippen molar-refractivity contribution in [2.24, 2.45) is 5.92 Å². The SMILES string of the molecule is COc1ccc(C(F)(F)F)cc1C(=O)CC(C)C. The molecule has 0 atom stereocenters. The molecule has 0 N–H and O–H groups in total. The highest BCUT2D eigenvalue weighted by Crippen LogP contribution is 2.33. The monoisotopic (exact) mass is 260 g/mol. The number of carbonyl (C=O) groups excluding carboxylic acids is 1. The third-order valence-corrected chi connectivity index (χ3v) is 2.42. The topological polar surface area (TPSA) is 26.3 Å². The molecule has 2 nitrogen and oxygen atoms in total. The van der Waals surface area contributed by atoms with E-state index in [1.807, 2.05) is 13.8 Å². The number of hydrogen-bond donors (Lipinski definition) is 0. The lowest BCUT2D eigenvalue weighted by Gasteiger charge is -2.12. The van der Waals surface area contributed by atoms with Gasteiger partial charge in [0.1, 0.15) is 5.75 Å². The number of methoxy groups -OCH3 is 1. The minimum absolute atomic E-state index is 0.0129. The second-order valence-electron chi connectivity index (χ2n) is 4.43. The van der Waals surface area contributed by atoms with E-state index in [0.717, 1.165) is 12.1 Å². The van der Waals surface area contributed by atoms with Gasteiger partial charge in [0.05, 0.1) is 18.2 Å². The van der Waals surface area contributed by atoms with Gasteiger partial charge in [-0.25, -0.2) is 0 Å². The quantitative estimate of drug-likeness (QED) is 0.766. The molecule has 1 rings (SSSR count). The van der Waals surface area contributed by atoms with Crippen LogP contribution in [0.25, 0.3) is 0 Å². The van der Waals surface area contributed by atoms with Crippen molar-refractivity contribution in [2.75, 3.05) is 7.11 Å². The average Bonchev–Trinajstić information content (AvgIpc) is 2.26. The molecule has 0 radical (unpaired) electrons. The molecule has 18 heavy (non-hydrogen) atoms. The molecule has 0 aromatic heterocycles. The van der Waals surface area contributed by atoms with Gasteiger partial charge in [-0.1, -0.05) is 13.8 Å². The Bertz CT molecular complexity index is 436. The first-order valence-electron chi connectivity index (χ1n) is 5.54. The van der Waals surface area contributed by atoms with Gasteiger partial charge in [0, 0.05) is 6.42 Å². The Kier molecular flexibility index (Phi) is 4.38. The van der Waals surface area contributed by atoms with Gasteiger partial charge in [-0.15, -0.1) is 0 Å². The van der Waals surface area contributed by atoms with Crippen molar-refractivity contribution in [1.29, 1.82) is 0 Å². The number of ether oxygens (including phenoxy) is 1. The number of carbonyl (C=O) groups is 1. The van der Waals surface area contributed by atoms with E-state index in [1.54, 1.807) is 0 Å². The molecule has 0 bridgehead atoms. The summed E-state index contributed by atoms with van der Waals surface area (Å²) in [6.07, 6.45) is -4.27. The summed E-state index contributed by atoms with van der Waals surface area (Å²) in [4.78, 5) is 11.9. The maximum Gasteiger partial charge on any atom is 0.416 e. The lowest BCUT2D eigenvalue weighted by molar-refractivity contribution is -0.137. The van der Waals surface area contributed by atoms with Crippen LogP contribution in [0.2, 0.25) is 0 Å². The van der Waals surface area contributed by atoms with Crippen LogP contribution in [-0.2, 0) is 6.18 Å². The molecule has 0 aliphatic heterocycles. The van der Waals surface area contributed by atoms with E-state index in [1.165, 1.54) is 13.2 Å². The van der Waals surface area contributed by atoms with Crippen LogP contribution in [0.1, 0.15) is 36.2 Å². The second kappa shape index (κ2) is 5.42. The molecule has 0 fully saturated rings. The zero-order valence-electron chi connectivity index (χ0n) is 10.5. The van der Waals surface area contributed by atoms with E-state index in [2.05, 4.69) is 0 Å². The molecule has 0 unspecified atom stereocenters. The third-order valence-electron chi connectivity index (χ3n) is 2.42. The highest BCUT2D eigenvalue weighted by atomic mass is 19.4. The van der Waals surface area contributed by atoms with Crippen LogP contribution < -0.4 is 4.74 Å². The highest BCUT2D eigenvalue weighted by molar-refractivity contribution is 5.99. The first-order chi connectivity index (χ1) is 8.25. The average molecular weight is 260 g/mol. The predicted octanol–water partition coefficient (Wildman–Crippen LogP) is 3.94. The summed E-state index contributed by atoms with van der Waals surface area (Å²) in [6, 6.07) is 2.94. The summed E-state index contributed by atoms with van der Waals surface area (Å²) in [5.74, 6) is -0.0849. The Morgan fingerprint density at radius 3 is 2.39 bits per heavy atom. The van der Waals surface area contributed by atoms with E-state index in [0.29, 0.717) is 0 Å². The van der Waals surface area contributed by atoms with Gasteiger partial charge in [0.2, 0.25) is 0 Å². The predicted molar refractivity (Wildman–Crippen MR) is 61.8 cm³/mol. The van der Waals surface area contributed by atoms with Crippen LogP contribution in [0, 0.1) is 5.92 Å². The first-order valence-corrected chi connectivity index (χ1v) is 5.54. The number of Topliss-reactive ketones (excluding diaryl/α,β-unsaturated/α-hetero) is 1. The molecule has 0 saturated carbocycles. The lowest BCUT2D eigenvalue weighted by atomic mass is 9.98. The fourth-order valence-corrected chi connectivity index (χ4v) is 1.58. The van der Waals surface area contributed by atoms with Crippen LogP contribution in [0.5, 0.6) is 5.75 Å². The molecule has 0 amide bonds. The van der Waals surface area contributed by atoms with Crippen molar-refractivity contribution in [3.63, 3.8) is 0 Å². The second-order valence-corrected chi connectivity index (χ2v) is 4.43. The summed E-state index contributed by atoms with van der Waals surface area (Å²) in [7, 11) is 1.33. The fourth-order valence-electron chi connectivity index (χ4n) is 1.58. The molecule has 1 aromatic carbocycles. The van der Waals surface area contributed by atoms with Gasteiger partial charge < -0.3 is 4.74 Å². The molecular weight excluding hydrogens is 245 g/mol. The maximum atomic E-state index is 12.6. The van der Waals surface area contributed by atoms with Crippen molar-refractivity contribution in [3.05, 3.63) is 29.3 Å². The van der Waals surface area contributed by atoms with E-state index in [9.17, 15) is 18.0 Å². The van der Waals surface area contributed by atoms with E-state index in [4.69, 9.17) is 4.74 Å². The van der Waals surface area contributed by atoms with E-state index in [-0.39, 0.29) is 29.4 Å². The third kappa shape index (κ3) is 3.48. The number of hydrogen-bond acceptors (Lipinski definition) is 2. The zero-order chi connectivity index (χ0) is 13.9. The molecule has 1 aromatic rings. The van der Waals surface area contributed by atoms with Crippen LogP contribution >= 0.6 is 0 Å². The molecule has 0 saturated heterocycles. The van der Waals surface area contributed by atoms with Gasteiger partial charge in [-0.3, -0.25) is 4.79 Å². The highest BCUT2D eigenvalue weighted by Gasteiger charge is 2.32. The Morgan fingerprint density at radius 1 is 1.33 bits per heavy atom. The molecule has 0 heterocycles. The first kappa shape index (κ1) is 14.5. The van der Waals surface area contributed by atoms with Crippen molar-refractivity contribution >= 4 is 5.78 Å². The minimum Gasteiger partial charge on any atom is -0.496 e. The molecule has 0 aliphatic rings. The zero-order valence-corrected chi connectivity index (χ0v) is 10.5. The van der Waals surface area contributed by atoms with Crippen LogP contribution in [0.15, 0.2) is 18.2 Å². The van der Waals surface area contributed by atoms with Crippen molar-refractivity contribution < 1.29 is 22.7 Å². The summed E-state index contributed by atoms with van der Waals surface area (Å²) in [5.41, 5.74) is -0.851. The van der Waals surface area contributed by atoms with Gasteiger partial charge in [-0.05, 0) is 24.1 Å². The Morgan fingerprint density at radius 2 is 1.94 bits per heavy atom. The standard InChI is InChI=1S/C13H15F3O2/c1-8(2)6-11(17)10-7-9(13(14,15)16)4-5-12(10)18-3/h4-5,7-8H,6H2,1-3H3. The fraction of sp³-hybridized carbons (Fsp3) is 0.462. The smallest absolute Gasteiger partial charge is 0.416 e. The lowest BCUT2D eigenvalue weighted by Crippen LogP contribution is -2.10. The summed E-state index contributed by atoms with van der Waals surface area (Å²) >= 11 is 0. The number of alkyl halides is 3. The molecule has 0 aliphatic carbocycles. The Labute approximate surface area is 104 Å². The van der Waals surface area contributed by atoms with Crippen LogP contribution in [0.3, 0.4) is 0 Å². The summed E-state index contributed by atoms with van der Waals surface area (Å²) in [5, 5.41) is 0. The summed E-state index contributed by atoms with van der Waals surface area (Å²) in [6.45, 7) is 3.66. The number of benzene rings is 1. The van der Waals surface area contributed by atoms with Crippen molar-refractivity contribution in [3.8, 4) is 5.75 Å². The van der Waals surface area contributed by atoms with Gasteiger partial charge >= 0.3 is 6.18 Å². The van der Waals surface area contributed by atoms with Gasteiger partial charge in [-0.2, -0.15) is 13.2 Å². The van der Waals surface area contributed by atoms with E-state index < -0.39 is 11.7 Å². The van der Waals surface area contributed by atoms with Gasteiger partial charge in [0.15, 0.2) is 5.78 Å². The van der Waals surface area contributed by atoms with Crippen LogP contribution in [-0.4, -0.2) is 12.9 Å². The van der Waals surface area contributed by atoms with Gasteiger partial charge in [0.25, 0.3) is 0 Å². The number of rotatable bonds is 4. The van der Waals surface area contributed by atoms with Crippen molar-refractivity contribution in [1.82, 2.24) is 0 Å². The normalized spacial score (nSPS) is 11.7. The maximum absolute atomic E-state index is 12.6. The summed E-state index contributed by atoms with van der Waals surface area (Å²) < 4.78 is 42.7. The number of halogens is 3. The molecular formula is C13H15F3O2. The minimum atomic E-state index is -4.46. The molecule has 100 valence electrons. The molecule has 5 heteroatoms. The van der Waals surface area contributed by atoms with E-state index >= 15 is 0 Å². The van der Waals surface area contributed by atoms with Crippen LogP contribution in [0.4, 0.5) is 13.2 Å². The number of ketones is 1. The molecule has 0 spiro atoms. The van der Waals surface area contributed by atoms with Crippen molar-refractivity contribution in [2.45, 2.75) is 26.4 Å². The Hall–Kier alpha value is -1.52. The largest absolute Gasteiger partial charge is 0.496 e. The Balaban J connectivity index is 3.18.